The summed E-state index contributed by atoms with van der Waals surface area (Å²) in [5, 5.41) is 13.3. The molecular weight excluding hydrogens is 807 g/mol. The molecule has 0 rings (SSSR count). The molecule has 0 fully saturated rings. The number of hydrogen-bond donors (Lipinski definition) is 9. The van der Waals surface area contributed by atoms with Crippen molar-refractivity contribution in [3.05, 3.63) is 0 Å². The molecule has 0 aromatic rings. The normalized spacial score (nSPS) is 13.9. The van der Waals surface area contributed by atoms with Crippen LogP contribution in [-0.4, -0.2) is 145 Å². The molecule has 0 saturated heterocycles. The van der Waals surface area contributed by atoms with E-state index in [9.17, 15) is 28.5 Å². The summed E-state index contributed by atoms with van der Waals surface area (Å²) >= 11 is 4.12. The van der Waals surface area contributed by atoms with Gasteiger partial charge in [-0.1, -0.05) is 19.2 Å². The van der Waals surface area contributed by atoms with Crippen molar-refractivity contribution >= 4 is 48.4 Å². The summed E-state index contributed by atoms with van der Waals surface area (Å²) in [7, 11) is 0. The number of hydrogen-bond acceptors (Lipinski definition) is 17. The van der Waals surface area contributed by atoms with Crippen molar-refractivity contribution in [1.29, 1.82) is 0 Å². The maximum Gasteiger partial charge on any atom is 0.255 e. The van der Waals surface area contributed by atoms with Crippen molar-refractivity contribution in [2.24, 2.45) is 17.7 Å². The van der Waals surface area contributed by atoms with E-state index in [1.54, 1.807) is 34.6 Å². The van der Waals surface area contributed by atoms with Gasteiger partial charge in [-0.2, -0.15) is 0 Å². The molecule has 0 aliphatic carbocycles. The number of thiol groups is 1. The van der Waals surface area contributed by atoms with Gasteiger partial charge in [-0.15, -0.1) is 0 Å². The predicted octanol–water partition coefficient (Wildman–Crippen LogP) is -0.901. The van der Waals surface area contributed by atoms with Crippen LogP contribution >= 0.6 is 18.8 Å². The quantitative estimate of drug-likeness (QED) is 0.0158. The van der Waals surface area contributed by atoms with E-state index in [4.69, 9.17) is 41.2 Å². The fourth-order valence-electron chi connectivity index (χ4n) is 4.67. The number of amides is 5. The minimum absolute atomic E-state index is 0.0337. The van der Waals surface area contributed by atoms with Gasteiger partial charge in [-0.05, 0) is 47.0 Å². The monoisotopic (exact) mass is 876 g/mol. The summed E-state index contributed by atoms with van der Waals surface area (Å²) in [4.78, 5) is 78.5. The lowest BCUT2D eigenvalue weighted by molar-refractivity contribution is -0.132. The third-order valence-electron chi connectivity index (χ3n) is 7.87. The molecule has 3 atom stereocenters. The topological polar surface area (TPSA) is 314 Å². The van der Waals surface area contributed by atoms with E-state index in [-0.39, 0.29) is 136 Å². The standard InChI is InChI=1S/C34H69N8O14PS/c1-6-57(48,58)56-34(4,5)25-52-33(2,3)12-11-30(45)42-27(32(47)40-15-18-51-21-24-55-37)8-10-29(44)41-26(31(46)39-14-17-50-20-23-54-36)7-9-28(43)38-13-16-49-19-22-53-35/h26-27H,6-25,35-37H2,1-5H3,(H,38,43)(H,39,46)(H,40,47)(H,41,44)(H,42,45)(H,48,58). The van der Waals surface area contributed by atoms with Crippen molar-refractivity contribution in [2.45, 2.75) is 96.4 Å². The first-order valence-electron chi connectivity index (χ1n) is 19.2. The van der Waals surface area contributed by atoms with Gasteiger partial charge in [0.2, 0.25) is 29.5 Å². The highest BCUT2D eigenvalue weighted by Gasteiger charge is 2.32. The van der Waals surface area contributed by atoms with Crippen molar-refractivity contribution in [3.8, 4) is 0 Å². The van der Waals surface area contributed by atoms with Crippen LogP contribution in [0.4, 0.5) is 0 Å². The second kappa shape index (κ2) is 32.3. The lowest BCUT2D eigenvalue weighted by Gasteiger charge is -2.33. The van der Waals surface area contributed by atoms with Gasteiger partial charge in [0.1, 0.15) is 12.1 Å². The molecule has 5 amide bonds. The molecule has 0 aromatic carbocycles. The average Bonchev–Trinajstić information content (AvgIpc) is 3.17. The Morgan fingerprint density at radius 2 is 1.02 bits per heavy atom. The van der Waals surface area contributed by atoms with Gasteiger partial charge in [-0.25, -0.2) is 17.7 Å². The summed E-state index contributed by atoms with van der Waals surface area (Å²) in [6.07, 6.45) is -0.0726. The molecule has 0 aliphatic rings. The maximum absolute atomic E-state index is 13.2. The summed E-state index contributed by atoms with van der Waals surface area (Å²) < 4.78 is 40.0. The van der Waals surface area contributed by atoms with Crippen molar-refractivity contribution in [1.82, 2.24) is 26.6 Å². The van der Waals surface area contributed by atoms with Gasteiger partial charge in [0.15, 0.2) is 0 Å². The Morgan fingerprint density at radius 1 is 0.603 bits per heavy atom. The molecule has 340 valence electrons. The minimum Gasteiger partial charge on any atom is -0.377 e. The van der Waals surface area contributed by atoms with Crippen LogP contribution in [0.2, 0.25) is 0 Å². The Morgan fingerprint density at radius 3 is 1.45 bits per heavy atom. The van der Waals surface area contributed by atoms with E-state index >= 15 is 0 Å². The Bertz CT molecular complexity index is 1240. The molecule has 22 nitrogen and oxygen atoms in total. The fourth-order valence-corrected chi connectivity index (χ4v) is 6.29. The number of nitrogens with one attached hydrogen (secondary N) is 5. The number of carbonyl (C=O) groups is 5. The lowest BCUT2D eigenvalue weighted by Crippen LogP contribution is -2.50. The number of carbonyl (C=O) groups excluding carboxylic acids is 5. The van der Waals surface area contributed by atoms with Gasteiger partial charge in [0.25, 0.3) is 6.57 Å². The van der Waals surface area contributed by atoms with E-state index in [1.165, 1.54) is 0 Å². The van der Waals surface area contributed by atoms with Crippen LogP contribution < -0.4 is 44.3 Å². The highest BCUT2D eigenvalue weighted by atomic mass is 32.7. The summed E-state index contributed by atoms with van der Waals surface area (Å²) in [5.41, 5.74) is -1.72. The molecule has 0 heterocycles. The first-order chi connectivity index (χ1) is 27.4. The molecule has 0 radical (unpaired) electrons. The Balaban J connectivity index is 5.55. The highest BCUT2D eigenvalue weighted by molar-refractivity contribution is 8.46. The van der Waals surface area contributed by atoms with Crippen LogP contribution in [0.25, 0.3) is 0 Å². The van der Waals surface area contributed by atoms with Crippen LogP contribution in [0.5, 0.6) is 0 Å². The van der Waals surface area contributed by atoms with Gasteiger partial charge >= 0.3 is 0 Å². The van der Waals surface area contributed by atoms with Gasteiger partial charge in [0, 0.05) is 45.1 Å². The zero-order chi connectivity index (χ0) is 43.9. The van der Waals surface area contributed by atoms with Gasteiger partial charge in [0.05, 0.1) is 77.3 Å². The van der Waals surface area contributed by atoms with E-state index < -0.39 is 53.5 Å². The summed E-state index contributed by atoms with van der Waals surface area (Å²) in [6.45, 7) is 7.80. The van der Waals surface area contributed by atoms with Crippen LogP contribution in [0.15, 0.2) is 0 Å². The van der Waals surface area contributed by atoms with Crippen molar-refractivity contribution in [2.75, 3.05) is 91.9 Å². The molecule has 24 heteroatoms. The molecule has 0 bridgehead atoms. The largest absolute Gasteiger partial charge is 0.377 e. The molecule has 3 unspecified atom stereocenters. The Labute approximate surface area is 346 Å². The van der Waals surface area contributed by atoms with Crippen molar-refractivity contribution in [3.63, 3.8) is 0 Å². The van der Waals surface area contributed by atoms with Crippen LogP contribution in [-0.2, 0) is 66.5 Å². The third kappa shape index (κ3) is 30.5. The van der Waals surface area contributed by atoms with E-state index in [0.29, 0.717) is 0 Å². The van der Waals surface area contributed by atoms with Gasteiger partial charge < -0.3 is 64.6 Å². The average molecular weight is 877 g/mol. The van der Waals surface area contributed by atoms with E-state index in [1.807, 2.05) is 0 Å². The second-order valence-electron chi connectivity index (χ2n) is 14.1. The maximum atomic E-state index is 13.2. The minimum atomic E-state index is -3.09. The smallest absolute Gasteiger partial charge is 0.255 e. The molecule has 0 aliphatic heterocycles. The first kappa shape index (κ1) is 55.5. The van der Waals surface area contributed by atoms with Crippen LogP contribution in [0, 0.1) is 0 Å². The predicted molar refractivity (Wildman–Crippen MR) is 216 cm³/mol. The van der Waals surface area contributed by atoms with Crippen LogP contribution in [0.3, 0.4) is 0 Å². The second-order valence-corrected chi connectivity index (χ2v) is 18.0. The Hall–Kier alpha value is -2.51. The summed E-state index contributed by atoms with van der Waals surface area (Å²) in [5.74, 6) is 12.3. The van der Waals surface area contributed by atoms with E-state index in [0.717, 1.165) is 0 Å². The molecular formula is C34H69N8O14PS. The lowest BCUT2D eigenvalue weighted by atomic mass is 10.0. The zero-order valence-electron chi connectivity index (χ0n) is 34.6. The van der Waals surface area contributed by atoms with Gasteiger partial charge in [-0.3, -0.25) is 28.5 Å². The van der Waals surface area contributed by atoms with Crippen LogP contribution in [0.1, 0.15) is 73.1 Å². The van der Waals surface area contributed by atoms with Crippen molar-refractivity contribution < 1.29 is 66.5 Å². The molecule has 11 N–H and O–H groups in total. The molecule has 0 spiro atoms. The number of rotatable bonds is 37. The third-order valence-corrected chi connectivity index (χ3v) is 10.5. The summed E-state index contributed by atoms with van der Waals surface area (Å²) in [6, 6.07) is -2.24. The number of ether oxygens (including phenoxy) is 4. The highest BCUT2D eigenvalue weighted by Crippen LogP contribution is 2.54. The molecule has 58 heavy (non-hydrogen) atoms. The fraction of sp³-hybridized carbons (Fsp3) is 0.853. The molecule has 0 saturated carbocycles. The first-order valence-corrected chi connectivity index (χ1v) is 22.1. The number of nitrogens with two attached hydrogens (primary N) is 3. The molecule has 0 aromatic heterocycles. The Kier molecular flexibility index (Phi) is 30.9. The SMILES string of the molecule is CCP(=O)(S)OC(C)(C)COC(C)(C)CCC(=O)NC(CCC(=O)NC(CCC(=O)NCCOCCON)C(=O)NCCOCCON)C(=O)NCCOCCON. The van der Waals surface area contributed by atoms with E-state index in [2.05, 4.69) is 53.3 Å². The zero-order valence-corrected chi connectivity index (χ0v) is 36.4.